The van der Waals surface area contributed by atoms with Crippen LogP contribution in [-0.2, 0) is 9.53 Å². The molecule has 4 heterocycles. The SMILES string of the molecule is CCCC(=N)C1=[N+]=C(c2cc(-c3ccc(C4=NCCO4)cn3)cc(C3C=CC(C(N)=O)=CN3)c2)C=C1. The predicted octanol–water partition coefficient (Wildman–Crippen LogP) is 2.78. The lowest BCUT2D eigenvalue weighted by Crippen LogP contribution is -2.22. The molecule has 0 fully saturated rings. The molecule has 0 aliphatic carbocycles. The molecule has 2 aromatic rings. The van der Waals surface area contributed by atoms with Gasteiger partial charge in [0.15, 0.2) is 0 Å². The molecule has 0 radical (unpaired) electrons. The van der Waals surface area contributed by atoms with Gasteiger partial charge < -0.3 is 15.8 Å². The summed E-state index contributed by atoms with van der Waals surface area (Å²) < 4.78 is 10.3. The highest BCUT2D eigenvalue weighted by Crippen LogP contribution is 2.27. The number of amides is 1. The molecular weight excluding hydrogens is 452 g/mol. The molecule has 8 heteroatoms. The van der Waals surface area contributed by atoms with Gasteiger partial charge >= 0.3 is 11.4 Å². The van der Waals surface area contributed by atoms with Gasteiger partial charge in [0.1, 0.15) is 12.3 Å². The van der Waals surface area contributed by atoms with Crippen LogP contribution >= 0.6 is 0 Å². The van der Waals surface area contributed by atoms with Crippen LogP contribution in [-0.4, -0.2) is 47.1 Å². The molecule has 180 valence electrons. The van der Waals surface area contributed by atoms with E-state index >= 15 is 0 Å². The third-order valence-electron chi connectivity index (χ3n) is 6.12. The number of aromatic nitrogens is 1. The maximum Gasteiger partial charge on any atom is 0.348 e. The second kappa shape index (κ2) is 9.98. The van der Waals surface area contributed by atoms with E-state index in [0.29, 0.717) is 42.5 Å². The summed E-state index contributed by atoms with van der Waals surface area (Å²) >= 11 is 0. The van der Waals surface area contributed by atoms with Crippen molar-refractivity contribution >= 4 is 28.9 Å². The van der Waals surface area contributed by atoms with Crippen LogP contribution in [0.3, 0.4) is 0 Å². The van der Waals surface area contributed by atoms with Crippen molar-refractivity contribution in [3.63, 3.8) is 0 Å². The molecule has 1 aromatic carbocycles. The first-order valence-corrected chi connectivity index (χ1v) is 12.0. The number of rotatable bonds is 8. The number of carbonyl (C=O) groups is 1. The Morgan fingerprint density at radius 1 is 1.19 bits per heavy atom. The minimum atomic E-state index is -0.477. The molecule has 0 bridgehead atoms. The van der Waals surface area contributed by atoms with Gasteiger partial charge in [-0.3, -0.25) is 15.2 Å². The first-order valence-electron chi connectivity index (χ1n) is 12.0. The lowest BCUT2D eigenvalue weighted by Gasteiger charge is -2.19. The van der Waals surface area contributed by atoms with Crippen LogP contribution in [0.15, 0.2) is 77.6 Å². The highest BCUT2D eigenvalue weighted by atomic mass is 16.5. The van der Waals surface area contributed by atoms with E-state index < -0.39 is 5.91 Å². The highest BCUT2D eigenvalue weighted by Gasteiger charge is 2.25. The molecule has 8 nitrogen and oxygen atoms in total. The number of primary amides is 1. The minimum absolute atomic E-state index is 0.153. The van der Waals surface area contributed by atoms with E-state index in [-0.39, 0.29) is 6.04 Å². The third-order valence-corrected chi connectivity index (χ3v) is 6.12. The Morgan fingerprint density at radius 2 is 2.06 bits per heavy atom. The average molecular weight is 480 g/mol. The minimum Gasteiger partial charge on any atom is -0.475 e. The number of carbonyl (C=O) groups excluding carboxylic acids is 1. The van der Waals surface area contributed by atoms with Crippen LogP contribution in [0.5, 0.6) is 0 Å². The van der Waals surface area contributed by atoms with E-state index in [2.05, 4.69) is 40.4 Å². The number of dihydropyridines is 1. The molecule has 1 unspecified atom stereocenters. The molecule has 36 heavy (non-hydrogen) atoms. The quantitative estimate of drug-likeness (QED) is 0.397. The predicted molar refractivity (Wildman–Crippen MR) is 142 cm³/mol. The number of aliphatic imine (C=N–C) groups is 1. The number of pyridine rings is 1. The number of allylic oxidation sites excluding steroid dienone is 2. The van der Waals surface area contributed by atoms with Gasteiger partial charge in [0, 0.05) is 30.1 Å². The van der Waals surface area contributed by atoms with E-state index in [0.717, 1.165) is 40.1 Å². The van der Waals surface area contributed by atoms with Crippen molar-refractivity contribution in [3.05, 3.63) is 89.3 Å². The van der Waals surface area contributed by atoms with Crippen molar-refractivity contribution in [3.8, 4) is 11.3 Å². The van der Waals surface area contributed by atoms with Gasteiger partial charge in [0.05, 0.1) is 35.0 Å². The summed E-state index contributed by atoms with van der Waals surface area (Å²) in [5.74, 6) is 0.148. The van der Waals surface area contributed by atoms with Gasteiger partial charge in [-0.15, -0.1) is 0 Å². The molecule has 4 N–H and O–H groups in total. The molecule has 5 rings (SSSR count). The lowest BCUT2D eigenvalue weighted by atomic mass is 9.95. The van der Waals surface area contributed by atoms with Gasteiger partial charge in [-0.05, 0) is 48.4 Å². The number of nitrogens with two attached hydrogens (primary N) is 1. The molecule has 0 spiro atoms. The van der Waals surface area contributed by atoms with E-state index in [9.17, 15) is 4.79 Å². The Morgan fingerprint density at radius 3 is 2.72 bits per heavy atom. The van der Waals surface area contributed by atoms with Crippen molar-refractivity contribution in [1.29, 1.82) is 5.41 Å². The Labute approximate surface area is 209 Å². The Hall–Kier alpha value is -4.55. The van der Waals surface area contributed by atoms with E-state index in [4.69, 9.17) is 20.5 Å². The van der Waals surface area contributed by atoms with E-state index in [1.807, 2.05) is 30.4 Å². The molecule has 0 saturated carbocycles. The zero-order valence-corrected chi connectivity index (χ0v) is 20.0. The zero-order chi connectivity index (χ0) is 25.1. The summed E-state index contributed by atoms with van der Waals surface area (Å²) in [6.07, 6.45) is 12.5. The number of nitrogens with one attached hydrogen (secondary N) is 2. The zero-order valence-electron chi connectivity index (χ0n) is 20.0. The summed E-state index contributed by atoms with van der Waals surface area (Å²) in [4.78, 5) is 20.6. The number of nitrogens with zero attached hydrogens (tertiary/aromatic N) is 3. The van der Waals surface area contributed by atoms with Gasteiger partial charge in [-0.25, -0.2) is 4.99 Å². The number of hydrogen-bond donors (Lipinski definition) is 3. The van der Waals surface area contributed by atoms with Crippen molar-refractivity contribution in [2.24, 2.45) is 10.7 Å². The highest BCUT2D eigenvalue weighted by molar-refractivity contribution is 6.47. The van der Waals surface area contributed by atoms with Gasteiger partial charge in [-0.1, -0.05) is 24.1 Å². The Bertz CT molecular complexity index is 1420. The van der Waals surface area contributed by atoms with Gasteiger partial charge in [0.25, 0.3) is 0 Å². The molecular formula is C28H27N6O2+. The van der Waals surface area contributed by atoms with Gasteiger partial charge in [0.2, 0.25) is 11.8 Å². The molecule has 3 aliphatic heterocycles. The van der Waals surface area contributed by atoms with Crippen LogP contribution < -0.4 is 15.7 Å². The maximum absolute atomic E-state index is 11.5. The smallest absolute Gasteiger partial charge is 0.348 e. The molecule has 0 saturated heterocycles. The fourth-order valence-corrected chi connectivity index (χ4v) is 4.24. The van der Waals surface area contributed by atoms with Crippen LogP contribution in [0.1, 0.15) is 42.5 Å². The number of benzene rings is 1. The molecule has 1 aromatic heterocycles. The van der Waals surface area contributed by atoms with Crippen molar-refractivity contribution in [1.82, 2.24) is 15.0 Å². The molecule has 1 amide bonds. The van der Waals surface area contributed by atoms with Crippen LogP contribution in [0.2, 0.25) is 0 Å². The topological polar surface area (TPSA) is 128 Å². The van der Waals surface area contributed by atoms with Crippen LogP contribution in [0, 0.1) is 5.41 Å². The number of hydrogen-bond acceptors (Lipinski definition) is 6. The first kappa shape index (κ1) is 23.2. The molecule has 3 aliphatic rings. The van der Waals surface area contributed by atoms with E-state index in [1.165, 1.54) is 0 Å². The second-order valence-corrected chi connectivity index (χ2v) is 8.72. The monoisotopic (exact) mass is 479 g/mol. The second-order valence-electron chi connectivity index (χ2n) is 8.72. The first-order chi connectivity index (χ1) is 17.5. The van der Waals surface area contributed by atoms with Crippen molar-refractivity contribution in [2.75, 3.05) is 13.2 Å². The molecule has 1 atom stereocenters. The van der Waals surface area contributed by atoms with Crippen molar-refractivity contribution in [2.45, 2.75) is 25.8 Å². The third kappa shape index (κ3) is 4.80. The summed E-state index contributed by atoms with van der Waals surface area (Å²) in [5.41, 5.74) is 12.4. The van der Waals surface area contributed by atoms with Gasteiger partial charge in [-0.2, -0.15) is 0 Å². The summed E-state index contributed by atoms with van der Waals surface area (Å²) in [6.45, 7) is 3.32. The summed E-state index contributed by atoms with van der Waals surface area (Å²) in [6, 6.07) is 9.97. The van der Waals surface area contributed by atoms with E-state index in [1.54, 1.807) is 18.5 Å². The average Bonchev–Trinajstić information content (AvgIpc) is 3.62. The lowest BCUT2D eigenvalue weighted by molar-refractivity contribution is -0.114. The van der Waals surface area contributed by atoms with Crippen LogP contribution in [0.4, 0.5) is 0 Å². The standard InChI is InChI=1S/C28H26N6O2/c1-2-3-22(29)26-9-8-25(34-26)21-13-19(23-6-4-17(15-32-23)27(30)35)12-20(14-21)24-7-5-18(16-33-24)28-31-10-11-36-28/h4-9,12-16,23,29H,2-3,10-11H2,1H3,(H2-,30,32,35)/p+1. The summed E-state index contributed by atoms with van der Waals surface area (Å²) in [5, 5.41) is 11.5. The van der Waals surface area contributed by atoms with Crippen LogP contribution in [0.25, 0.3) is 11.3 Å². The maximum atomic E-state index is 11.5. The fraction of sp³-hybridized carbons (Fsp3) is 0.214. The summed E-state index contributed by atoms with van der Waals surface area (Å²) in [7, 11) is 0. The number of ether oxygens (including phenoxy) is 1. The van der Waals surface area contributed by atoms with Crippen molar-refractivity contribution < 1.29 is 9.53 Å². The normalized spacial score (nSPS) is 18.1. The Kier molecular flexibility index (Phi) is 6.43. The largest absolute Gasteiger partial charge is 0.475 e. The Balaban J connectivity index is 1.54. The fourth-order valence-electron chi connectivity index (χ4n) is 4.24.